The molecule has 0 bridgehead atoms. The summed E-state index contributed by atoms with van der Waals surface area (Å²) < 4.78 is 28.1. The Morgan fingerprint density at radius 3 is 2.03 bits per heavy atom. The standard InChI is InChI=1S/C25H25N3O4S/c1-17-5-4-6-18(2)24(17)28-33(31,32)22-14-12-21(13-15-22)27-23(29)16-9-19-7-10-20(11-8-19)25(30)26-3/h4-16,28H,1-3H3,(H,26,30)(H,27,29)/b16-9+. The summed E-state index contributed by atoms with van der Waals surface area (Å²) in [5.74, 6) is -0.549. The van der Waals surface area contributed by atoms with Gasteiger partial charge in [-0.2, -0.15) is 0 Å². The fourth-order valence-electron chi connectivity index (χ4n) is 3.13. The third-order valence-electron chi connectivity index (χ3n) is 4.98. The molecule has 3 rings (SSSR count). The highest BCUT2D eigenvalue weighted by atomic mass is 32.2. The van der Waals surface area contributed by atoms with E-state index in [2.05, 4.69) is 15.4 Å². The molecule has 0 aromatic heterocycles. The Balaban J connectivity index is 1.64. The Bertz CT molecular complexity index is 1280. The van der Waals surface area contributed by atoms with Crippen molar-refractivity contribution in [1.82, 2.24) is 5.32 Å². The van der Waals surface area contributed by atoms with Gasteiger partial charge >= 0.3 is 0 Å². The monoisotopic (exact) mass is 463 g/mol. The van der Waals surface area contributed by atoms with Crippen LogP contribution in [0.1, 0.15) is 27.0 Å². The highest BCUT2D eigenvalue weighted by Gasteiger charge is 2.16. The molecule has 8 heteroatoms. The number of sulfonamides is 1. The Kier molecular flexibility index (Phi) is 7.30. The minimum Gasteiger partial charge on any atom is -0.355 e. The number of nitrogens with one attached hydrogen (secondary N) is 3. The molecule has 0 aliphatic rings. The van der Waals surface area contributed by atoms with Crippen LogP contribution in [0.25, 0.3) is 6.08 Å². The highest BCUT2D eigenvalue weighted by Crippen LogP contribution is 2.24. The van der Waals surface area contributed by atoms with Gasteiger partial charge in [0.2, 0.25) is 5.91 Å². The molecule has 0 radical (unpaired) electrons. The topological polar surface area (TPSA) is 104 Å². The lowest BCUT2D eigenvalue weighted by Gasteiger charge is -2.13. The van der Waals surface area contributed by atoms with Crippen molar-refractivity contribution in [3.8, 4) is 0 Å². The van der Waals surface area contributed by atoms with Crippen LogP contribution in [0.15, 0.2) is 77.7 Å². The zero-order chi connectivity index (χ0) is 24.0. The Morgan fingerprint density at radius 2 is 1.45 bits per heavy atom. The maximum absolute atomic E-state index is 12.7. The number of carbonyl (C=O) groups is 2. The van der Waals surface area contributed by atoms with Gasteiger partial charge in [-0.15, -0.1) is 0 Å². The summed E-state index contributed by atoms with van der Waals surface area (Å²) in [5, 5.41) is 5.24. The molecule has 0 unspecified atom stereocenters. The second-order valence-electron chi connectivity index (χ2n) is 7.42. The molecule has 3 N–H and O–H groups in total. The van der Waals surface area contributed by atoms with Crippen molar-refractivity contribution >= 4 is 39.3 Å². The van der Waals surface area contributed by atoms with Gasteiger partial charge in [-0.3, -0.25) is 14.3 Å². The molecule has 0 saturated heterocycles. The highest BCUT2D eigenvalue weighted by molar-refractivity contribution is 7.92. The van der Waals surface area contributed by atoms with Crippen LogP contribution >= 0.6 is 0 Å². The quantitative estimate of drug-likeness (QED) is 0.459. The summed E-state index contributed by atoms with van der Waals surface area (Å²) in [6.07, 6.45) is 2.98. The molecule has 0 heterocycles. The van der Waals surface area contributed by atoms with E-state index in [0.717, 1.165) is 16.7 Å². The lowest BCUT2D eigenvalue weighted by molar-refractivity contribution is -0.111. The first-order chi connectivity index (χ1) is 15.7. The third kappa shape index (κ3) is 6.08. The van der Waals surface area contributed by atoms with Gasteiger partial charge in [0.15, 0.2) is 0 Å². The molecular weight excluding hydrogens is 438 g/mol. The Hall–Kier alpha value is -3.91. The summed E-state index contributed by atoms with van der Waals surface area (Å²) in [4.78, 5) is 23.9. The lowest BCUT2D eigenvalue weighted by Crippen LogP contribution is -2.17. The predicted octanol–water partition coefficient (Wildman–Crippen LogP) is 4.12. The van der Waals surface area contributed by atoms with E-state index in [4.69, 9.17) is 0 Å². The normalized spacial score (nSPS) is 11.2. The minimum atomic E-state index is -3.77. The van der Waals surface area contributed by atoms with Crippen molar-refractivity contribution in [2.24, 2.45) is 0 Å². The van der Waals surface area contributed by atoms with Crippen LogP contribution in [0, 0.1) is 13.8 Å². The van der Waals surface area contributed by atoms with Gasteiger partial charge in [0.25, 0.3) is 15.9 Å². The average Bonchev–Trinajstić information content (AvgIpc) is 2.80. The van der Waals surface area contributed by atoms with Crippen molar-refractivity contribution in [2.75, 3.05) is 17.1 Å². The maximum Gasteiger partial charge on any atom is 0.261 e. The van der Waals surface area contributed by atoms with Gasteiger partial charge in [0.05, 0.1) is 10.6 Å². The zero-order valence-corrected chi connectivity index (χ0v) is 19.4. The second-order valence-corrected chi connectivity index (χ2v) is 9.10. The summed E-state index contributed by atoms with van der Waals surface area (Å²) >= 11 is 0. The second kappa shape index (κ2) is 10.1. The summed E-state index contributed by atoms with van der Waals surface area (Å²) in [7, 11) is -2.21. The number of rotatable bonds is 7. The number of hydrogen-bond donors (Lipinski definition) is 3. The molecule has 0 spiro atoms. The number of carbonyl (C=O) groups excluding carboxylic acids is 2. The molecule has 0 fully saturated rings. The molecule has 0 atom stereocenters. The molecule has 33 heavy (non-hydrogen) atoms. The Morgan fingerprint density at radius 1 is 0.848 bits per heavy atom. The molecule has 3 aromatic carbocycles. The molecule has 2 amide bonds. The van der Waals surface area contributed by atoms with E-state index < -0.39 is 10.0 Å². The van der Waals surface area contributed by atoms with Crippen LogP contribution in [-0.4, -0.2) is 27.3 Å². The van der Waals surface area contributed by atoms with Crippen LogP contribution in [0.5, 0.6) is 0 Å². The van der Waals surface area contributed by atoms with E-state index in [1.54, 1.807) is 37.4 Å². The van der Waals surface area contributed by atoms with Crippen LogP contribution in [0.4, 0.5) is 11.4 Å². The molecule has 0 aliphatic heterocycles. The minimum absolute atomic E-state index is 0.0925. The summed E-state index contributed by atoms with van der Waals surface area (Å²) in [6.45, 7) is 3.68. The van der Waals surface area contributed by atoms with Gasteiger partial charge in [-0.05, 0) is 73.0 Å². The van der Waals surface area contributed by atoms with E-state index in [9.17, 15) is 18.0 Å². The fraction of sp³-hybridized carbons (Fsp3) is 0.120. The number of para-hydroxylation sites is 1. The smallest absolute Gasteiger partial charge is 0.261 e. The summed E-state index contributed by atoms with van der Waals surface area (Å²) in [5.41, 5.74) is 3.97. The van der Waals surface area contributed by atoms with E-state index in [1.807, 2.05) is 32.0 Å². The lowest BCUT2D eigenvalue weighted by atomic mass is 10.1. The maximum atomic E-state index is 12.7. The summed E-state index contributed by atoms with van der Waals surface area (Å²) in [6, 6.07) is 18.3. The van der Waals surface area contributed by atoms with Crippen molar-refractivity contribution in [3.05, 3.63) is 95.1 Å². The molecule has 0 saturated carbocycles. The van der Waals surface area contributed by atoms with Gasteiger partial charge in [0, 0.05) is 24.4 Å². The van der Waals surface area contributed by atoms with E-state index >= 15 is 0 Å². The number of aryl methyl sites for hydroxylation is 2. The Labute approximate surface area is 193 Å². The molecular formula is C25H25N3O4S. The van der Waals surface area contributed by atoms with Crippen LogP contribution in [0.3, 0.4) is 0 Å². The van der Waals surface area contributed by atoms with Crippen LogP contribution in [0.2, 0.25) is 0 Å². The van der Waals surface area contributed by atoms with Crippen LogP contribution < -0.4 is 15.4 Å². The van der Waals surface area contributed by atoms with E-state index in [1.165, 1.54) is 30.3 Å². The van der Waals surface area contributed by atoms with Crippen molar-refractivity contribution in [1.29, 1.82) is 0 Å². The zero-order valence-electron chi connectivity index (χ0n) is 18.5. The van der Waals surface area contributed by atoms with E-state index in [0.29, 0.717) is 16.9 Å². The fourth-order valence-corrected chi connectivity index (χ4v) is 4.33. The first-order valence-electron chi connectivity index (χ1n) is 10.2. The first-order valence-corrected chi connectivity index (χ1v) is 11.7. The largest absolute Gasteiger partial charge is 0.355 e. The number of hydrogen-bond acceptors (Lipinski definition) is 4. The average molecular weight is 464 g/mol. The predicted molar refractivity (Wildman–Crippen MR) is 131 cm³/mol. The number of benzene rings is 3. The van der Waals surface area contributed by atoms with E-state index in [-0.39, 0.29) is 16.7 Å². The molecule has 3 aromatic rings. The third-order valence-corrected chi connectivity index (χ3v) is 6.34. The van der Waals surface area contributed by atoms with Crippen molar-refractivity contribution < 1.29 is 18.0 Å². The molecule has 7 nitrogen and oxygen atoms in total. The number of amides is 2. The molecule has 170 valence electrons. The van der Waals surface area contributed by atoms with Crippen LogP contribution in [-0.2, 0) is 14.8 Å². The van der Waals surface area contributed by atoms with Gasteiger partial charge in [0.1, 0.15) is 0 Å². The number of anilines is 2. The van der Waals surface area contributed by atoms with Gasteiger partial charge in [-0.1, -0.05) is 30.3 Å². The van der Waals surface area contributed by atoms with Crippen molar-refractivity contribution in [3.63, 3.8) is 0 Å². The van der Waals surface area contributed by atoms with Gasteiger partial charge in [-0.25, -0.2) is 8.42 Å². The van der Waals surface area contributed by atoms with Gasteiger partial charge < -0.3 is 10.6 Å². The first kappa shape index (κ1) is 23.7. The molecule has 0 aliphatic carbocycles. The SMILES string of the molecule is CNC(=O)c1ccc(/C=C/C(=O)Nc2ccc(S(=O)(=O)Nc3c(C)cccc3C)cc2)cc1. The van der Waals surface area contributed by atoms with Crippen molar-refractivity contribution in [2.45, 2.75) is 18.7 Å².